The highest BCUT2D eigenvalue weighted by Crippen LogP contribution is 2.49. The molecule has 26 heavy (non-hydrogen) atoms. The van der Waals surface area contributed by atoms with Gasteiger partial charge in [0.2, 0.25) is 0 Å². The molecule has 2 N–H and O–H groups in total. The maximum atomic E-state index is 6.07. The number of rotatable bonds is 2. The van der Waals surface area contributed by atoms with Crippen molar-refractivity contribution in [3.8, 4) is 21.8 Å². The lowest BCUT2D eigenvalue weighted by Crippen LogP contribution is -2.13. The average Bonchev–Trinajstić information content (AvgIpc) is 3.32. The molecule has 0 saturated heterocycles. The number of anilines is 1. The lowest BCUT2D eigenvalue weighted by Gasteiger charge is -2.22. The van der Waals surface area contributed by atoms with E-state index in [2.05, 4.69) is 33.7 Å². The SMILES string of the molecule is Cc1ccc(-c2nn(C3CCCC3)c3c2C(C)Cc2nc(N)sc2-3)cn1. The van der Waals surface area contributed by atoms with Crippen LogP contribution in [-0.2, 0) is 6.42 Å². The van der Waals surface area contributed by atoms with E-state index < -0.39 is 0 Å². The molecule has 3 aromatic heterocycles. The number of thiazole rings is 1. The second-order valence-corrected chi connectivity index (χ2v) is 8.65. The largest absolute Gasteiger partial charge is 0.375 e. The van der Waals surface area contributed by atoms with Gasteiger partial charge >= 0.3 is 0 Å². The summed E-state index contributed by atoms with van der Waals surface area (Å²) in [5.74, 6) is 0.380. The van der Waals surface area contributed by atoms with E-state index in [0.29, 0.717) is 17.1 Å². The second kappa shape index (κ2) is 5.91. The molecular formula is C20H23N5S. The maximum absolute atomic E-state index is 6.07. The lowest BCUT2D eigenvalue weighted by atomic mass is 9.86. The normalized spacial score (nSPS) is 19.5. The fraction of sp³-hybridized carbons (Fsp3) is 0.450. The third-order valence-corrected chi connectivity index (χ3v) is 6.66. The topological polar surface area (TPSA) is 69.6 Å². The predicted octanol–water partition coefficient (Wildman–Crippen LogP) is 4.73. The Bertz CT molecular complexity index is 963. The smallest absolute Gasteiger partial charge is 0.180 e. The molecule has 0 aliphatic heterocycles. The molecule has 1 fully saturated rings. The number of pyridine rings is 1. The standard InChI is InChI=1S/C20H23N5S/c1-11-9-15-19(26-20(21)23-15)18-16(11)17(13-8-7-12(2)22-10-13)24-25(18)14-5-3-4-6-14/h7-8,10-11,14H,3-6,9H2,1-2H3,(H2,21,23). The fourth-order valence-corrected chi connectivity index (χ4v) is 5.37. The lowest BCUT2D eigenvalue weighted by molar-refractivity contribution is 0.472. The number of aryl methyl sites for hydroxylation is 1. The van der Waals surface area contributed by atoms with Crippen LogP contribution in [-0.4, -0.2) is 19.7 Å². The van der Waals surface area contributed by atoms with Gasteiger partial charge in [-0.3, -0.25) is 9.67 Å². The molecule has 0 amide bonds. The maximum Gasteiger partial charge on any atom is 0.180 e. The third kappa shape index (κ3) is 2.39. The molecule has 6 heteroatoms. The van der Waals surface area contributed by atoms with Crippen molar-refractivity contribution in [2.45, 2.75) is 57.9 Å². The highest BCUT2D eigenvalue weighted by molar-refractivity contribution is 7.18. The summed E-state index contributed by atoms with van der Waals surface area (Å²) < 4.78 is 2.30. The molecule has 2 aliphatic carbocycles. The molecule has 0 aromatic carbocycles. The minimum absolute atomic E-state index is 0.380. The van der Waals surface area contributed by atoms with Gasteiger partial charge in [0.25, 0.3) is 0 Å². The van der Waals surface area contributed by atoms with Crippen LogP contribution in [0.4, 0.5) is 5.13 Å². The first-order chi connectivity index (χ1) is 12.6. The molecule has 134 valence electrons. The zero-order valence-corrected chi connectivity index (χ0v) is 16.0. The molecule has 0 spiro atoms. The summed E-state index contributed by atoms with van der Waals surface area (Å²) in [6.07, 6.45) is 7.87. The Morgan fingerprint density at radius 1 is 1.23 bits per heavy atom. The summed E-state index contributed by atoms with van der Waals surface area (Å²) in [5.41, 5.74) is 13.0. The van der Waals surface area contributed by atoms with E-state index in [4.69, 9.17) is 10.8 Å². The first-order valence-corrected chi connectivity index (χ1v) is 10.2. The van der Waals surface area contributed by atoms with Crippen LogP contribution in [0.5, 0.6) is 0 Å². The number of hydrogen-bond acceptors (Lipinski definition) is 5. The minimum Gasteiger partial charge on any atom is -0.375 e. The van der Waals surface area contributed by atoms with Gasteiger partial charge in [-0.1, -0.05) is 31.1 Å². The van der Waals surface area contributed by atoms with Gasteiger partial charge in [-0.25, -0.2) is 4.98 Å². The minimum atomic E-state index is 0.380. The summed E-state index contributed by atoms with van der Waals surface area (Å²) in [6, 6.07) is 4.70. The average molecular weight is 366 g/mol. The monoisotopic (exact) mass is 365 g/mol. The number of fused-ring (bicyclic) bond motifs is 3. The molecule has 0 bridgehead atoms. The fourth-order valence-electron chi connectivity index (χ4n) is 4.46. The van der Waals surface area contributed by atoms with Crippen LogP contribution < -0.4 is 5.73 Å². The predicted molar refractivity (Wildman–Crippen MR) is 105 cm³/mol. The summed E-state index contributed by atoms with van der Waals surface area (Å²) in [4.78, 5) is 10.3. The van der Waals surface area contributed by atoms with Gasteiger partial charge in [0.1, 0.15) is 0 Å². The molecule has 3 aromatic rings. The Balaban J connectivity index is 1.77. The van der Waals surface area contributed by atoms with E-state index in [1.807, 2.05) is 13.1 Å². The number of hydrogen-bond donors (Lipinski definition) is 1. The number of nitrogen functional groups attached to an aromatic ring is 1. The molecule has 5 rings (SSSR count). The molecule has 1 unspecified atom stereocenters. The quantitative estimate of drug-likeness (QED) is 0.712. The summed E-state index contributed by atoms with van der Waals surface area (Å²) in [7, 11) is 0. The van der Waals surface area contributed by atoms with Crippen molar-refractivity contribution in [2.75, 3.05) is 5.73 Å². The van der Waals surface area contributed by atoms with Crippen molar-refractivity contribution in [2.24, 2.45) is 0 Å². The Labute approximate surface area is 157 Å². The summed E-state index contributed by atoms with van der Waals surface area (Å²) in [5, 5.41) is 5.81. The van der Waals surface area contributed by atoms with Crippen LogP contribution in [0.15, 0.2) is 18.3 Å². The van der Waals surface area contributed by atoms with Crippen LogP contribution >= 0.6 is 11.3 Å². The Kier molecular flexibility index (Phi) is 3.64. The van der Waals surface area contributed by atoms with Crippen LogP contribution in [0, 0.1) is 6.92 Å². The molecule has 5 nitrogen and oxygen atoms in total. The molecule has 1 saturated carbocycles. The Morgan fingerprint density at radius 3 is 2.77 bits per heavy atom. The zero-order valence-electron chi connectivity index (χ0n) is 15.2. The van der Waals surface area contributed by atoms with Gasteiger partial charge in [-0.05, 0) is 44.2 Å². The number of nitrogens with two attached hydrogens (primary N) is 1. The van der Waals surface area contributed by atoms with Crippen molar-refractivity contribution in [3.63, 3.8) is 0 Å². The van der Waals surface area contributed by atoms with Gasteiger partial charge in [-0.15, -0.1) is 0 Å². The van der Waals surface area contributed by atoms with Crippen molar-refractivity contribution < 1.29 is 0 Å². The van der Waals surface area contributed by atoms with E-state index >= 15 is 0 Å². The zero-order chi connectivity index (χ0) is 17.8. The summed E-state index contributed by atoms with van der Waals surface area (Å²) in [6.45, 7) is 4.30. The van der Waals surface area contributed by atoms with Gasteiger partial charge < -0.3 is 5.73 Å². The van der Waals surface area contributed by atoms with Gasteiger partial charge in [0.15, 0.2) is 5.13 Å². The van der Waals surface area contributed by atoms with Crippen LogP contribution in [0.3, 0.4) is 0 Å². The van der Waals surface area contributed by atoms with Gasteiger partial charge in [0.05, 0.1) is 28.0 Å². The second-order valence-electron chi connectivity index (χ2n) is 7.62. The highest BCUT2D eigenvalue weighted by Gasteiger charge is 2.35. The van der Waals surface area contributed by atoms with Crippen molar-refractivity contribution >= 4 is 16.5 Å². The molecule has 1 atom stereocenters. The highest BCUT2D eigenvalue weighted by atomic mass is 32.1. The van der Waals surface area contributed by atoms with E-state index in [1.54, 1.807) is 11.3 Å². The van der Waals surface area contributed by atoms with Crippen molar-refractivity contribution in [1.82, 2.24) is 19.7 Å². The first kappa shape index (κ1) is 16.0. The van der Waals surface area contributed by atoms with Crippen molar-refractivity contribution in [1.29, 1.82) is 0 Å². The third-order valence-electron chi connectivity index (χ3n) is 5.72. The van der Waals surface area contributed by atoms with E-state index in [0.717, 1.165) is 29.1 Å². The molecular weight excluding hydrogens is 342 g/mol. The van der Waals surface area contributed by atoms with E-state index in [1.165, 1.54) is 41.8 Å². The molecule has 3 heterocycles. The van der Waals surface area contributed by atoms with Crippen LogP contribution in [0.1, 0.15) is 61.5 Å². The van der Waals surface area contributed by atoms with Crippen LogP contribution in [0.25, 0.3) is 21.8 Å². The first-order valence-electron chi connectivity index (χ1n) is 9.43. The van der Waals surface area contributed by atoms with Gasteiger partial charge in [-0.2, -0.15) is 5.10 Å². The number of nitrogens with zero attached hydrogens (tertiary/aromatic N) is 4. The van der Waals surface area contributed by atoms with Crippen molar-refractivity contribution in [3.05, 3.63) is 35.3 Å². The van der Waals surface area contributed by atoms with E-state index in [9.17, 15) is 0 Å². The summed E-state index contributed by atoms with van der Waals surface area (Å²) >= 11 is 1.61. The molecule has 2 aliphatic rings. The van der Waals surface area contributed by atoms with E-state index in [-0.39, 0.29) is 0 Å². The number of aromatic nitrogens is 4. The van der Waals surface area contributed by atoms with Crippen LogP contribution in [0.2, 0.25) is 0 Å². The molecule has 0 radical (unpaired) electrons. The Morgan fingerprint density at radius 2 is 2.04 bits per heavy atom. The van der Waals surface area contributed by atoms with Gasteiger partial charge in [0, 0.05) is 23.0 Å². The Hall–Kier alpha value is -2.21.